The standard InChI is InChI=1S/C24H23N2O.C16H20NSi.Ir/c1-24(2,16-7-3-4-8-16)17-12-14-25-21(15-17)20-10-5-9-18-19-11-6-13-26-23(19)27-22(18)20;1-5-13-11-15(14-9-7-6-8-10-14)17-12-16(13)18(2,3)4;/h5-6,9,11-16H,3-4,7-8H2,1-2H3;6-9,11-12H,5H2,1-4H3;/q2*-1;. The van der Waals surface area contributed by atoms with E-state index in [1.807, 2.05) is 48.7 Å². The fourth-order valence-corrected chi connectivity index (χ4v) is 8.45. The summed E-state index contributed by atoms with van der Waals surface area (Å²) in [6.45, 7) is 14.1. The number of hydrogen-bond acceptors (Lipinski definition) is 4. The molecule has 0 unspecified atom stereocenters. The van der Waals surface area contributed by atoms with E-state index in [2.05, 4.69) is 98.0 Å². The normalized spacial score (nSPS) is 13.8. The SMILES string of the molecule is CC(C)(c1ccnc(-c2[c-]ccc3c2oc2ncccc23)c1)C1CCCC1.CCc1cc(-c2[c-]cccc2)ncc1[Si](C)(C)C.[Ir]. The van der Waals surface area contributed by atoms with E-state index < -0.39 is 8.07 Å². The summed E-state index contributed by atoms with van der Waals surface area (Å²) in [4.78, 5) is 13.6. The monoisotopic (exact) mass is 802 g/mol. The topological polar surface area (TPSA) is 51.8 Å². The average Bonchev–Trinajstić information content (AvgIpc) is 3.74. The molecule has 0 spiro atoms. The predicted octanol–water partition coefficient (Wildman–Crippen LogP) is 9.96. The largest absolute Gasteiger partial charge is 0.486 e. The number of rotatable bonds is 6. The van der Waals surface area contributed by atoms with Crippen LogP contribution in [-0.4, -0.2) is 23.0 Å². The zero-order valence-electron chi connectivity index (χ0n) is 27.8. The van der Waals surface area contributed by atoms with Gasteiger partial charge in [0.05, 0.1) is 13.7 Å². The van der Waals surface area contributed by atoms with E-state index in [0.29, 0.717) is 5.71 Å². The van der Waals surface area contributed by atoms with Crippen LogP contribution in [0.3, 0.4) is 0 Å². The van der Waals surface area contributed by atoms with E-state index in [1.54, 1.807) is 6.20 Å². The summed E-state index contributed by atoms with van der Waals surface area (Å²) in [5, 5.41) is 3.57. The number of furan rings is 1. The van der Waals surface area contributed by atoms with Crippen LogP contribution < -0.4 is 5.19 Å². The molecule has 4 aromatic heterocycles. The molecule has 46 heavy (non-hydrogen) atoms. The van der Waals surface area contributed by atoms with Crippen molar-refractivity contribution in [3.63, 3.8) is 0 Å². The number of benzene rings is 2. The third-order valence-corrected chi connectivity index (χ3v) is 11.6. The van der Waals surface area contributed by atoms with Crippen molar-refractivity contribution in [2.24, 2.45) is 5.92 Å². The molecule has 6 aromatic rings. The third-order valence-electron chi connectivity index (χ3n) is 9.51. The first-order valence-electron chi connectivity index (χ1n) is 16.3. The van der Waals surface area contributed by atoms with Crippen molar-refractivity contribution in [1.29, 1.82) is 0 Å². The molecule has 0 amide bonds. The summed E-state index contributed by atoms with van der Waals surface area (Å²) in [6.07, 6.45) is 12.2. The molecule has 1 fully saturated rings. The second-order valence-electron chi connectivity index (χ2n) is 13.8. The quantitative estimate of drug-likeness (QED) is 0.124. The van der Waals surface area contributed by atoms with Gasteiger partial charge in [0.25, 0.3) is 0 Å². The van der Waals surface area contributed by atoms with Gasteiger partial charge in [-0.3, -0.25) is 0 Å². The average molecular weight is 802 g/mol. The predicted molar refractivity (Wildman–Crippen MR) is 189 cm³/mol. The Labute approximate surface area is 288 Å². The Balaban J connectivity index is 0.000000193. The Bertz CT molecular complexity index is 1920. The minimum absolute atomic E-state index is 0. The van der Waals surface area contributed by atoms with E-state index in [1.165, 1.54) is 42.0 Å². The number of nitrogens with zero attached hydrogens (tertiary/aromatic N) is 3. The van der Waals surface area contributed by atoms with Crippen LogP contribution in [0.15, 0.2) is 89.7 Å². The second kappa shape index (κ2) is 14.1. The van der Waals surface area contributed by atoms with Crippen molar-refractivity contribution in [1.82, 2.24) is 15.0 Å². The molecule has 7 rings (SSSR count). The molecule has 0 bridgehead atoms. The summed E-state index contributed by atoms with van der Waals surface area (Å²) < 4.78 is 6.08. The summed E-state index contributed by atoms with van der Waals surface area (Å²) in [6, 6.07) is 29.2. The third kappa shape index (κ3) is 6.95. The molecular weight excluding hydrogens is 759 g/mol. The Morgan fingerprint density at radius 3 is 2.37 bits per heavy atom. The first-order valence-corrected chi connectivity index (χ1v) is 19.8. The number of hydrogen-bond donors (Lipinski definition) is 0. The Morgan fingerprint density at radius 2 is 1.65 bits per heavy atom. The van der Waals surface area contributed by atoms with Gasteiger partial charge in [0, 0.05) is 44.1 Å². The molecule has 4 nitrogen and oxygen atoms in total. The zero-order chi connectivity index (χ0) is 31.6. The molecule has 1 aliphatic rings. The molecule has 0 N–H and O–H groups in total. The van der Waals surface area contributed by atoms with Crippen molar-refractivity contribution >= 4 is 35.3 Å². The van der Waals surface area contributed by atoms with Crippen LogP contribution in [0.5, 0.6) is 0 Å². The number of aromatic nitrogens is 3. The van der Waals surface area contributed by atoms with Gasteiger partial charge in [-0.25, -0.2) is 4.98 Å². The van der Waals surface area contributed by atoms with Crippen molar-refractivity contribution in [2.75, 3.05) is 0 Å². The maximum atomic E-state index is 6.08. The minimum Gasteiger partial charge on any atom is -0.486 e. The summed E-state index contributed by atoms with van der Waals surface area (Å²) in [7, 11) is -1.30. The van der Waals surface area contributed by atoms with Gasteiger partial charge in [0.15, 0.2) is 0 Å². The molecule has 0 saturated heterocycles. The number of pyridine rings is 3. The van der Waals surface area contributed by atoms with Crippen molar-refractivity contribution in [3.05, 3.63) is 109 Å². The minimum atomic E-state index is -1.30. The van der Waals surface area contributed by atoms with Crippen molar-refractivity contribution in [3.8, 4) is 22.5 Å². The van der Waals surface area contributed by atoms with Gasteiger partial charge >= 0.3 is 0 Å². The van der Waals surface area contributed by atoms with Gasteiger partial charge in [-0.2, -0.15) is 0 Å². The van der Waals surface area contributed by atoms with Gasteiger partial charge in [0.2, 0.25) is 5.71 Å². The molecular formula is C40H43IrN3OSi-2. The van der Waals surface area contributed by atoms with Gasteiger partial charge < -0.3 is 14.4 Å². The van der Waals surface area contributed by atoms with Crippen LogP contribution in [0.1, 0.15) is 57.6 Å². The first kappa shape index (κ1) is 33.9. The molecule has 0 atom stereocenters. The molecule has 239 valence electrons. The Morgan fingerprint density at radius 1 is 0.848 bits per heavy atom. The zero-order valence-corrected chi connectivity index (χ0v) is 31.2. The van der Waals surface area contributed by atoms with Crippen LogP contribution in [0.25, 0.3) is 44.6 Å². The fourth-order valence-electron chi connectivity index (χ4n) is 6.78. The molecule has 4 heterocycles. The molecule has 6 heteroatoms. The van der Waals surface area contributed by atoms with Crippen LogP contribution >= 0.6 is 0 Å². The first-order chi connectivity index (χ1) is 21.7. The van der Waals surface area contributed by atoms with Gasteiger partial charge in [-0.05, 0) is 70.9 Å². The molecule has 2 aromatic carbocycles. The fraction of sp³-hybridized carbons (Fsp3) is 0.325. The van der Waals surface area contributed by atoms with E-state index >= 15 is 0 Å². The van der Waals surface area contributed by atoms with E-state index in [-0.39, 0.29) is 25.5 Å². The number of fused-ring (bicyclic) bond motifs is 3. The van der Waals surface area contributed by atoms with E-state index in [9.17, 15) is 0 Å². The maximum absolute atomic E-state index is 6.08. The van der Waals surface area contributed by atoms with E-state index in [4.69, 9.17) is 4.42 Å². The van der Waals surface area contributed by atoms with Crippen LogP contribution in [0.2, 0.25) is 19.6 Å². The van der Waals surface area contributed by atoms with Gasteiger partial charge in [-0.15, -0.1) is 54.1 Å². The van der Waals surface area contributed by atoms with Crippen molar-refractivity contribution in [2.45, 2.75) is 77.9 Å². The Kier molecular flexibility index (Phi) is 10.4. The molecule has 1 saturated carbocycles. The van der Waals surface area contributed by atoms with Crippen LogP contribution in [0, 0.1) is 18.1 Å². The molecule has 1 aliphatic carbocycles. The molecule has 0 aliphatic heterocycles. The van der Waals surface area contributed by atoms with Gasteiger partial charge in [-0.1, -0.05) is 81.9 Å². The second-order valence-corrected chi connectivity index (χ2v) is 18.8. The molecule has 1 radical (unpaired) electrons. The summed E-state index contributed by atoms with van der Waals surface area (Å²) in [5.74, 6) is 0.739. The van der Waals surface area contributed by atoms with E-state index in [0.717, 1.165) is 51.2 Å². The van der Waals surface area contributed by atoms with Gasteiger partial charge in [0.1, 0.15) is 0 Å². The maximum Gasteiger partial charge on any atom is 0.216 e. The van der Waals surface area contributed by atoms with Crippen LogP contribution in [-0.2, 0) is 31.9 Å². The van der Waals surface area contributed by atoms with Crippen molar-refractivity contribution < 1.29 is 24.5 Å². The summed E-state index contributed by atoms with van der Waals surface area (Å²) in [5.41, 5.74) is 8.36. The summed E-state index contributed by atoms with van der Waals surface area (Å²) >= 11 is 0. The van der Waals surface area contributed by atoms with Crippen LogP contribution in [0.4, 0.5) is 0 Å². The smallest absolute Gasteiger partial charge is 0.216 e. The number of aryl methyl sites for hydroxylation is 1. The Hall–Kier alpha value is -3.44.